The van der Waals surface area contributed by atoms with E-state index < -0.39 is 76.5 Å². The van der Waals surface area contributed by atoms with Crippen LogP contribution in [-0.4, -0.2) is 90.8 Å². The highest BCUT2D eigenvalue weighted by atomic mass is 31.2. The number of para-hydroxylation sites is 1. The van der Waals surface area contributed by atoms with Crippen molar-refractivity contribution in [2.45, 2.75) is 47.1 Å². The van der Waals surface area contributed by atoms with Gasteiger partial charge in [-0.2, -0.15) is 9.97 Å². The van der Waals surface area contributed by atoms with Gasteiger partial charge >= 0.3 is 27.5 Å². The van der Waals surface area contributed by atoms with Gasteiger partial charge in [0.2, 0.25) is 25.5 Å². The minimum Gasteiger partial charge on any atom is -0.406 e. The van der Waals surface area contributed by atoms with E-state index in [2.05, 4.69) is 29.9 Å². The first-order valence-corrected chi connectivity index (χ1v) is 26.9. The molecule has 8 aromatic rings. The Morgan fingerprint density at radius 2 is 1.03 bits per heavy atom. The lowest BCUT2D eigenvalue weighted by Crippen LogP contribution is -2.15. The summed E-state index contributed by atoms with van der Waals surface area (Å²) >= 11 is 0. The number of carbonyl (C=O) groups excluding carboxylic acids is 2. The number of nitrogens with zero attached hydrogens (tertiary/aromatic N) is 6. The molecule has 6 N–H and O–H groups in total. The number of nitrogen functional groups attached to an aromatic ring is 2. The molecule has 0 amide bonds. The first kappa shape index (κ1) is 58.5. The van der Waals surface area contributed by atoms with Gasteiger partial charge in [0.05, 0.1) is 39.1 Å². The highest BCUT2D eigenvalue weighted by Gasteiger charge is 2.29. The zero-order valence-corrected chi connectivity index (χ0v) is 44.2. The van der Waals surface area contributed by atoms with E-state index in [4.69, 9.17) is 58.0 Å². The van der Waals surface area contributed by atoms with Crippen molar-refractivity contribution < 1.29 is 74.0 Å². The van der Waals surface area contributed by atoms with Crippen LogP contribution in [0, 0.1) is 32.4 Å². The standard InChI is InChI=1S/C25H27FN5O8P.C24H25FN5O8P/c1-16-3-7-19(8-4-16)39-25(33)36-14-38-40(34,37-12-18-6-5-17(2)20(26)11-18)15-35-10-9-31-13-28-21-22(31)29-24(27)30-23(21)32;1-16-7-8-17(11-19(16)25)12-36-39(33,37-14-35-24(32)38-18-5-3-2-4-6-18)15-34-10-9-30-13-27-20-21(30)28-23(26)29-22(20)31/h3-8,11,13H,9-10,12,14-15H2,1-2H3,(H3,27,29,30,32);2-8,11,13H,9-10,12,14-15H2,1H3,(H3,26,28,29,31). The van der Waals surface area contributed by atoms with Gasteiger partial charge in [0.15, 0.2) is 22.3 Å². The lowest BCUT2D eigenvalue weighted by Gasteiger charge is -2.19. The number of rotatable bonds is 24. The molecule has 0 bridgehead atoms. The molecule has 4 aromatic heterocycles. The Labute approximate surface area is 446 Å². The van der Waals surface area contributed by atoms with Gasteiger partial charge in [0.25, 0.3) is 11.1 Å². The molecule has 0 fully saturated rings. The molecule has 4 aromatic carbocycles. The lowest BCUT2D eigenvalue weighted by molar-refractivity contribution is 0.0141. The number of aromatic amines is 2. The number of carbonyl (C=O) groups is 2. The first-order valence-electron chi connectivity index (χ1n) is 23.5. The normalized spacial score (nSPS) is 12.8. The molecular formula is C49H52F2N10O16P2. The van der Waals surface area contributed by atoms with Crippen molar-refractivity contribution in [3.8, 4) is 11.5 Å². The zero-order chi connectivity index (χ0) is 56.5. The van der Waals surface area contributed by atoms with E-state index in [-0.39, 0.29) is 85.2 Å². The van der Waals surface area contributed by atoms with Crippen molar-refractivity contribution in [2.24, 2.45) is 0 Å². The summed E-state index contributed by atoms with van der Waals surface area (Å²) in [5, 5.41) is 0. The summed E-state index contributed by atoms with van der Waals surface area (Å²) in [6, 6.07) is 23.7. The summed E-state index contributed by atoms with van der Waals surface area (Å²) < 4.78 is 110. The number of aromatic nitrogens is 8. The third kappa shape index (κ3) is 17.4. The lowest BCUT2D eigenvalue weighted by atomic mass is 10.1. The maximum atomic E-state index is 13.9. The second-order valence-electron chi connectivity index (χ2n) is 16.7. The topological polar surface area (TPSA) is 340 Å². The maximum Gasteiger partial charge on any atom is 0.515 e. The second kappa shape index (κ2) is 27.4. The summed E-state index contributed by atoms with van der Waals surface area (Å²) in [4.78, 5) is 68.6. The van der Waals surface area contributed by atoms with Gasteiger partial charge in [-0.25, -0.2) is 28.3 Å². The Morgan fingerprint density at radius 1 is 0.595 bits per heavy atom. The fraction of sp³-hybridized carbons (Fsp3) is 0.265. The van der Waals surface area contributed by atoms with E-state index in [1.54, 1.807) is 92.7 Å². The van der Waals surface area contributed by atoms with Crippen LogP contribution < -0.4 is 32.1 Å². The number of hydrogen-bond donors (Lipinski definition) is 4. The minimum atomic E-state index is -4.02. The monoisotopic (exact) mass is 1140 g/mol. The maximum absolute atomic E-state index is 13.9. The predicted octanol–water partition coefficient (Wildman–Crippen LogP) is 7.75. The number of halogens is 2. The van der Waals surface area contributed by atoms with Crippen molar-refractivity contribution >= 4 is 61.7 Å². The Kier molecular flexibility index (Phi) is 20.3. The van der Waals surface area contributed by atoms with Gasteiger partial charge in [0.1, 0.15) is 35.8 Å². The molecule has 2 atom stereocenters. The van der Waals surface area contributed by atoms with E-state index >= 15 is 0 Å². The number of benzene rings is 4. The van der Waals surface area contributed by atoms with Crippen LogP contribution in [0.1, 0.15) is 27.8 Å². The van der Waals surface area contributed by atoms with Gasteiger partial charge in [0, 0.05) is 13.1 Å². The van der Waals surface area contributed by atoms with Crippen molar-refractivity contribution in [2.75, 3.05) is 51.0 Å². The number of nitrogens with one attached hydrogen (secondary N) is 2. The highest BCUT2D eigenvalue weighted by Crippen LogP contribution is 2.50. The van der Waals surface area contributed by atoms with Crippen LogP contribution >= 0.6 is 15.2 Å². The van der Waals surface area contributed by atoms with Crippen LogP contribution in [0.15, 0.2) is 113 Å². The Hall–Kier alpha value is -8.20. The molecule has 8 rings (SSSR count). The number of hydrogen-bond acceptors (Lipinski definition) is 22. The van der Waals surface area contributed by atoms with Crippen molar-refractivity contribution in [3.05, 3.63) is 164 Å². The number of fused-ring (bicyclic) bond motifs is 2. The Bertz CT molecular complexity index is 3600. The molecule has 0 aliphatic rings. The first-order chi connectivity index (χ1) is 37.8. The third-order valence-electron chi connectivity index (χ3n) is 10.8. The smallest absolute Gasteiger partial charge is 0.406 e. The van der Waals surface area contributed by atoms with E-state index in [0.29, 0.717) is 22.3 Å². The Balaban J connectivity index is 0.000000229. The molecule has 0 saturated carbocycles. The van der Waals surface area contributed by atoms with Crippen LogP contribution in [0.5, 0.6) is 11.5 Å². The van der Waals surface area contributed by atoms with E-state index in [1.807, 2.05) is 6.92 Å². The van der Waals surface area contributed by atoms with Gasteiger partial charge in [-0.15, -0.1) is 0 Å². The number of nitrogens with two attached hydrogens (primary N) is 2. The molecule has 0 aliphatic heterocycles. The van der Waals surface area contributed by atoms with Crippen LogP contribution in [0.3, 0.4) is 0 Å². The summed E-state index contributed by atoms with van der Waals surface area (Å²) in [5.41, 5.74) is 13.6. The Morgan fingerprint density at radius 3 is 1.46 bits per heavy atom. The average Bonchev–Trinajstić information content (AvgIpc) is 4.06. The van der Waals surface area contributed by atoms with Gasteiger partial charge < -0.3 is 58.1 Å². The van der Waals surface area contributed by atoms with Gasteiger partial charge in [-0.3, -0.25) is 37.7 Å². The number of H-pyrrole nitrogens is 2. The highest BCUT2D eigenvalue weighted by molar-refractivity contribution is 7.53. The summed E-state index contributed by atoms with van der Waals surface area (Å²) in [6.07, 6.45) is -0.433. The van der Waals surface area contributed by atoms with Crippen LogP contribution in [-0.2, 0) is 72.5 Å². The number of ether oxygens (including phenoxy) is 6. The van der Waals surface area contributed by atoms with E-state index in [9.17, 15) is 37.1 Å². The van der Waals surface area contributed by atoms with Crippen LogP contribution in [0.2, 0.25) is 0 Å². The van der Waals surface area contributed by atoms with Gasteiger partial charge in [-0.1, -0.05) is 60.2 Å². The molecule has 2 unspecified atom stereocenters. The van der Waals surface area contributed by atoms with Crippen molar-refractivity contribution in [1.82, 2.24) is 39.0 Å². The molecule has 0 spiro atoms. The molecule has 26 nitrogen and oxygen atoms in total. The van der Waals surface area contributed by atoms with Gasteiger partial charge in [-0.05, 0) is 79.4 Å². The zero-order valence-electron chi connectivity index (χ0n) is 42.4. The quantitative estimate of drug-likeness (QED) is 0.0148. The molecule has 0 saturated heterocycles. The summed E-state index contributed by atoms with van der Waals surface area (Å²) in [7, 11) is -8.03. The second-order valence-corrected chi connectivity index (χ2v) is 20.7. The largest absolute Gasteiger partial charge is 0.515 e. The molecule has 4 heterocycles. The number of imidazole rings is 2. The number of aryl methyl sites for hydroxylation is 3. The van der Waals surface area contributed by atoms with E-state index in [1.165, 1.54) is 33.9 Å². The molecular weight excluding hydrogens is 1080 g/mol. The predicted molar refractivity (Wildman–Crippen MR) is 278 cm³/mol. The SMILES string of the molecule is Cc1ccc(COP(=O)(COCCn2cnc3c(=O)[nH]c(N)nc32)OCOC(=O)Oc2ccccc2)cc1F.Cc1ccc(OC(=O)OCOP(=O)(COCCn2cnc3c(=O)[nH]c(N)nc32)OCc2ccc(C)c(F)c2)cc1. The van der Waals surface area contributed by atoms with Crippen molar-refractivity contribution in [1.29, 1.82) is 0 Å². The molecule has 79 heavy (non-hydrogen) atoms. The van der Waals surface area contributed by atoms with Crippen molar-refractivity contribution in [3.63, 3.8) is 0 Å². The van der Waals surface area contributed by atoms with E-state index in [0.717, 1.165) is 5.56 Å². The molecule has 30 heteroatoms. The average molecular weight is 1140 g/mol. The third-order valence-corrected chi connectivity index (χ3v) is 13.8. The fourth-order valence-electron chi connectivity index (χ4n) is 6.62. The van der Waals surface area contributed by atoms with Crippen LogP contribution in [0.4, 0.5) is 30.3 Å². The minimum absolute atomic E-state index is 0.00732. The summed E-state index contributed by atoms with van der Waals surface area (Å²) in [6.45, 7) is 3.40. The molecule has 0 radical (unpaired) electrons. The van der Waals surface area contributed by atoms with Crippen LogP contribution in [0.25, 0.3) is 22.3 Å². The number of anilines is 2. The summed E-state index contributed by atoms with van der Waals surface area (Å²) in [5.74, 6) is -0.534. The fourth-order valence-corrected chi connectivity index (χ4v) is 8.90. The molecule has 0 aliphatic carbocycles. The molecule has 418 valence electrons.